The summed E-state index contributed by atoms with van der Waals surface area (Å²) in [5.74, 6) is 2.06. The number of rotatable bonds is 3. The molecule has 2 fully saturated rings. The van der Waals surface area contributed by atoms with E-state index in [2.05, 4.69) is 17.2 Å². The third-order valence-electron chi connectivity index (χ3n) is 4.40. The summed E-state index contributed by atoms with van der Waals surface area (Å²) in [6.45, 7) is 4.54. The Morgan fingerprint density at radius 2 is 2.32 bits per heavy atom. The number of amides is 1. The molecule has 1 aromatic rings. The average molecular weight is 262 g/mol. The van der Waals surface area contributed by atoms with Crippen molar-refractivity contribution in [1.82, 2.24) is 19.8 Å². The molecule has 0 aromatic carbocycles. The maximum absolute atomic E-state index is 12.7. The van der Waals surface area contributed by atoms with Crippen molar-refractivity contribution in [3.8, 4) is 0 Å². The molecular formula is C14H22N4O. The Bertz CT molecular complexity index is 466. The van der Waals surface area contributed by atoms with Crippen molar-refractivity contribution in [1.29, 1.82) is 0 Å². The minimum absolute atomic E-state index is 0.0717. The van der Waals surface area contributed by atoms with E-state index >= 15 is 0 Å². The molecule has 104 valence electrons. The Labute approximate surface area is 114 Å². The summed E-state index contributed by atoms with van der Waals surface area (Å²) in [6, 6.07) is 0.0717. The summed E-state index contributed by atoms with van der Waals surface area (Å²) in [5, 5.41) is 3.37. The molecule has 3 rings (SSSR count). The zero-order valence-corrected chi connectivity index (χ0v) is 11.7. The van der Waals surface area contributed by atoms with Crippen LogP contribution in [0.3, 0.4) is 0 Å². The van der Waals surface area contributed by atoms with Crippen molar-refractivity contribution in [2.75, 3.05) is 19.6 Å². The van der Waals surface area contributed by atoms with E-state index in [1.807, 2.05) is 22.7 Å². The fourth-order valence-corrected chi connectivity index (χ4v) is 2.96. The van der Waals surface area contributed by atoms with Crippen molar-refractivity contribution in [2.45, 2.75) is 25.8 Å². The summed E-state index contributed by atoms with van der Waals surface area (Å²) >= 11 is 0. The van der Waals surface area contributed by atoms with E-state index in [0.29, 0.717) is 11.8 Å². The maximum atomic E-state index is 12.7. The number of carbonyl (C=O) groups is 1. The van der Waals surface area contributed by atoms with Gasteiger partial charge in [-0.3, -0.25) is 4.79 Å². The first-order chi connectivity index (χ1) is 9.18. The van der Waals surface area contributed by atoms with Gasteiger partial charge in [-0.1, -0.05) is 6.92 Å². The normalized spacial score (nSPS) is 25.4. The van der Waals surface area contributed by atoms with Gasteiger partial charge in [0.1, 0.15) is 11.9 Å². The second-order valence-corrected chi connectivity index (χ2v) is 5.77. The number of piperazine rings is 1. The maximum Gasteiger partial charge on any atom is 0.226 e. The molecule has 2 heterocycles. The molecule has 2 atom stereocenters. The SMILES string of the molecule is CC(C(=O)N1CCNCC1c1nccn1C)C1CC1. The van der Waals surface area contributed by atoms with Crippen molar-refractivity contribution in [3.05, 3.63) is 18.2 Å². The predicted molar refractivity (Wildman–Crippen MR) is 72.4 cm³/mol. The van der Waals surface area contributed by atoms with Gasteiger partial charge < -0.3 is 14.8 Å². The lowest BCUT2D eigenvalue weighted by Gasteiger charge is -2.37. The topological polar surface area (TPSA) is 50.2 Å². The average Bonchev–Trinajstić information content (AvgIpc) is 3.19. The highest BCUT2D eigenvalue weighted by Crippen LogP contribution is 2.38. The smallest absolute Gasteiger partial charge is 0.226 e. The van der Waals surface area contributed by atoms with Crippen LogP contribution in [0.15, 0.2) is 12.4 Å². The van der Waals surface area contributed by atoms with E-state index in [4.69, 9.17) is 0 Å². The molecule has 0 bridgehead atoms. The molecule has 1 aliphatic heterocycles. The second kappa shape index (κ2) is 4.96. The highest BCUT2D eigenvalue weighted by atomic mass is 16.2. The molecule has 2 aliphatic rings. The molecule has 19 heavy (non-hydrogen) atoms. The Balaban J connectivity index is 1.80. The minimum atomic E-state index is 0.0717. The Kier molecular flexibility index (Phi) is 3.31. The third kappa shape index (κ3) is 2.39. The number of carbonyl (C=O) groups excluding carboxylic acids is 1. The molecule has 5 heteroatoms. The van der Waals surface area contributed by atoms with Crippen LogP contribution in [0.25, 0.3) is 0 Å². The van der Waals surface area contributed by atoms with Crippen molar-refractivity contribution >= 4 is 5.91 Å². The number of hydrogen-bond acceptors (Lipinski definition) is 3. The van der Waals surface area contributed by atoms with Crippen molar-refractivity contribution in [2.24, 2.45) is 18.9 Å². The standard InChI is InChI=1S/C14H22N4O/c1-10(11-3-4-11)14(19)18-8-5-15-9-12(18)13-16-6-7-17(13)2/h6-7,10-12,15H,3-5,8-9H2,1-2H3. The lowest BCUT2D eigenvalue weighted by Crippen LogP contribution is -2.51. The van der Waals surface area contributed by atoms with Gasteiger partial charge in [0.25, 0.3) is 0 Å². The molecule has 1 N–H and O–H groups in total. The van der Waals surface area contributed by atoms with Gasteiger partial charge in [0.05, 0.1) is 0 Å². The van der Waals surface area contributed by atoms with Gasteiger partial charge in [0.15, 0.2) is 0 Å². The second-order valence-electron chi connectivity index (χ2n) is 5.77. The first-order valence-corrected chi connectivity index (χ1v) is 7.17. The van der Waals surface area contributed by atoms with E-state index in [-0.39, 0.29) is 12.0 Å². The molecule has 1 saturated carbocycles. The summed E-state index contributed by atoms with van der Waals surface area (Å²) in [7, 11) is 1.99. The van der Waals surface area contributed by atoms with Gasteiger partial charge in [-0.2, -0.15) is 0 Å². The molecule has 1 aliphatic carbocycles. The van der Waals surface area contributed by atoms with Crippen LogP contribution >= 0.6 is 0 Å². The van der Waals surface area contributed by atoms with Crippen molar-refractivity contribution in [3.63, 3.8) is 0 Å². The predicted octanol–water partition coefficient (Wildman–Crippen LogP) is 0.939. The highest BCUT2D eigenvalue weighted by Gasteiger charge is 2.38. The number of aryl methyl sites for hydroxylation is 1. The van der Waals surface area contributed by atoms with Crippen LogP contribution in [-0.4, -0.2) is 40.0 Å². The van der Waals surface area contributed by atoms with Crippen LogP contribution in [0, 0.1) is 11.8 Å². The molecule has 2 unspecified atom stereocenters. The summed E-state index contributed by atoms with van der Waals surface area (Å²) in [4.78, 5) is 19.1. The Morgan fingerprint density at radius 1 is 1.53 bits per heavy atom. The van der Waals surface area contributed by atoms with Gasteiger partial charge in [0, 0.05) is 45.0 Å². The lowest BCUT2D eigenvalue weighted by atomic mass is 10.0. The minimum Gasteiger partial charge on any atom is -0.336 e. The number of nitrogens with one attached hydrogen (secondary N) is 1. The van der Waals surface area contributed by atoms with E-state index in [1.165, 1.54) is 12.8 Å². The summed E-state index contributed by atoms with van der Waals surface area (Å²) < 4.78 is 2.01. The zero-order chi connectivity index (χ0) is 13.4. The molecule has 1 saturated heterocycles. The molecule has 0 radical (unpaired) electrons. The number of imidazole rings is 1. The molecule has 0 spiro atoms. The number of aromatic nitrogens is 2. The molecule has 1 amide bonds. The first kappa shape index (κ1) is 12.7. The summed E-state index contributed by atoms with van der Waals surface area (Å²) in [5.41, 5.74) is 0. The van der Waals surface area contributed by atoms with Gasteiger partial charge in [-0.15, -0.1) is 0 Å². The van der Waals surface area contributed by atoms with E-state index in [0.717, 1.165) is 25.5 Å². The van der Waals surface area contributed by atoms with Gasteiger partial charge in [0.2, 0.25) is 5.91 Å². The molecular weight excluding hydrogens is 240 g/mol. The van der Waals surface area contributed by atoms with Crippen LogP contribution < -0.4 is 5.32 Å². The van der Waals surface area contributed by atoms with E-state index in [9.17, 15) is 4.79 Å². The fraction of sp³-hybridized carbons (Fsp3) is 0.714. The third-order valence-corrected chi connectivity index (χ3v) is 4.40. The summed E-state index contributed by atoms with van der Waals surface area (Å²) in [6.07, 6.45) is 6.17. The highest BCUT2D eigenvalue weighted by molar-refractivity contribution is 5.79. The lowest BCUT2D eigenvalue weighted by molar-refractivity contribution is -0.139. The van der Waals surface area contributed by atoms with Gasteiger partial charge >= 0.3 is 0 Å². The van der Waals surface area contributed by atoms with Crippen LogP contribution in [0.2, 0.25) is 0 Å². The van der Waals surface area contributed by atoms with E-state index < -0.39 is 0 Å². The van der Waals surface area contributed by atoms with E-state index in [1.54, 1.807) is 6.20 Å². The quantitative estimate of drug-likeness (QED) is 0.882. The Hall–Kier alpha value is -1.36. The van der Waals surface area contributed by atoms with Crippen LogP contribution in [0.4, 0.5) is 0 Å². The van der Waals surface area contributed by atoms with Gasteiger partial charge in [-0.05, 0) is 18.8 Å². The number of nitrogens with zero attached hydrogens (tertiary/aromatic N) is 3. The molecule has 1 aromatic heterocycles. The molecule has 5 nitrogen and oxygen atoms in total. The van der Waals surface area contributed by atoms with Crippen molar-refractivity contribution < 1.29 is 4.79 Å². The van der Waals surface area contributed by atoms with Crippen LogP contribution in [-0.2, 0) is 11.8 Å². The van der Waals surface area contributed by atoms with Crippen LogP contribution in [0.1, 0.15) is 31.6 Å². The Morgan fingerprint density at radius 3 is 2.95 bits per heavy atom. The fourth-order valence-electron chi connectivity index (χ4n) is 2.96. The van der Waals surface area contributed by atoms with Crippen LogP contribution in [0.5, 0.6) is 0 Å². The first-order valence-electron chi connectivity index (χ1n) is 7.17. The van der Waals surface area contributed by atoms with Gasteiger partial charge in [-0.25, -0.2) is 4.98 Å². The number of hydrogen-bond donors (Lipinski definition) is 1. The largest absolute Gasteiger partial charge is 0.336 e. The monoisotopic (exact) mass is 262 g/mol. The zero-order valence-electron chi connectivity index (χ0n) is 11.7.